The summed E-state index contributed by atoms with van der Waals surface area (Å²) in [5.41, 5.74) is 4.55. The van der Waals surface area contributed by atoms with E-state index in [0.717, 1.165) is 17.8 Å². The number of nitrogens with zero attached hydrogens (tertiary/aromatic N) is 1. The molecule has 2 amide bonds. The molecule has 0 aliphatic heterocycles. The van der Waals surface area contributed by atoms with Crippen LogP contribution in [0.4, 0.5) is 10.5 Å². The van der Waals surface area contributed by atoms with Crippen molar-refractivity contribution in [3.63, 3.8) is 0 Å². The number of hydrazone groups is 1. The van der Waals surface area contributed by atoms with Crippen LogP contribution < -0.4 is 10.7 Å². The van der Waals surface area contributed by atoms with Gasteiger partial charge < -0.3 is 5.32 Å². The molecule has 2 atom stereocenters. The van der Waals surface area contributed by atoms with Crippen LogP contribution >= 0.6 is 0 Å². The Morgan fingerprint density at radius 1 is 1.24 bits per heavy atom. The number of rotatable bonds is 3. The number of hydrogen-bond acceptors (Lipinski definition) is 2. The van der Waals surface area contributed by atoms with Crippen LogP contribution in [0.3, 0.4) is 0 Å². The van der Waals surface area contributed by atoms with E-state index in [1.807, 2.05) is 30.3 Å². The molecule has 114 valence electrons. The first-order valence-electron chi connectivity index (χ1n) is 7.74. The molecule has 0 spiro atoms. The van der Waals surface area contributed by atoms with Crippen molar-refractivity contribution in [2.24, 2.45) is 22.9 Å². The Hall–Kier alpha value is -1.84. The van der Waals surface area contributed by atoms with E-state index in [4.69, 9.17) is 0 Å². The SMILES string of the molecule is CC(C)[C@H]1CC[C@@H](C)C/C1=N/NC(=O)Nc1ccccc1. The molecular formula is C17H25N3O. The quantitative estimate of drug-likeness (QED) is 0.802. The summed E-state index contributed by atoms with van der Waals surface area (Å²) < 4.78 is 0. The third-order valence-electron chi connectivity index (χ3n) is 4.09. The van der Waals surface area contributed by atoms with E-state index in [-0.39, 0.29) is 6.03 Å². The van der Waals surface area contributed by atoms with E-state index in [1.165, 1.54) is 12.8 Å². The van der Waals surface area contributed by atoms with Gasteiger partial charge in [-0.25, -0.2) is 10.2 Å². The lowest BCUT2D eigenvalue weighted by Gasteiger charge is -2.30. The number of hydrogen-bond donors (Lipinski definition) is 2. The van der Waals surface area contributed by atoms with Gasteiger partial charge in [0.05, 0.1) is 0 Å². The van der Waals surface area contributed by atoms with Crippen molar-refractivity contribution in [3.8, 4) is 0 Å². The number of anilines is 1. The number of para-hydroxylation sites is 1. The molecule has 1 aliphatic rings. The summed E-state index contributed by atoms with van der Waals surface area (Å²) in [4.78, 5) is 11.9. The number of carbonyl (C=O) groups is 1. The highest BCUT2D eigenvalue weighted by Crippen LogP contribution is 2.31. The molecule has 0 bridgehead atoms. The summed E-state index contributed by atoms with van der Waals surface area (Å²) in [5, 5.41) is 7.17. The van der Waals surface area contributed by atoms with Crippen LogP contribution in [0.5, 0.6) is 0 Å². The fraction of sp³-hybridized carbons (Fsp3) is 0.529. The lowest BCUT2D eigenvalue weighted by Crippen LogP contribution is -2.32. The van der Waals surface area contributed by atoms with E-state index in [9.17, 15) is 4.79 Å². The van der Waals surface area contributed by atoms with Crippen molar-refractivity contribution < 1.29 is 4.79 Å². The number of urea groups is 1. The van der Waals surface area contributed by atoms with Crippen LogP contribution in [0.25, 0.3) is 0 Å². The average Bonchev–Trinajstić information content (AvgIpc) is 2.46. The Bertz CT molecular complexity index is 496. The van der Waals surface area contributed by atoms with Gasteiger partial charge in [0.2, 0.25) is 0 Å². The highest BCUT2D eigenvalue weighted by Gasteiger charge is 2.27. The Morgan fingerprint density at radius 2 is 1.95 bits per heavy atom. The minimum atomic E-state index is -0.283. The zero-order valence-corrected chi connectivity index (χ0v) is 13.1. The third kappa shape index (κ3) is 4.59. The van der Waals surface area contributed by atoms with E-state index in [1.54, 1.807) is 0 Å². The predicted octanol–water partition coefficient (Wildman–Crippen LogP) is 4.26. The Balaban J connectivity index is 1.96. The summed E-state index contributed by atoms with van der Waals surface area (Å²) in [6.45, 7) is 6.69. The van der Waals surface area contributed by atoms with Gasteiger partial charge in [0, 0.05) is 17.3 Å². The summed E-state index contributed by atoms with van der Waals surface area (Å²) in [6, 6.07) is 9.12. The smallest absolute Gasteiger partial charge is 0.307 e. The van der Waals surface area contributed by atoms with E-state index in [2.05, 4.69) is 36.6 Å². The molecule has 1 aliphatic carbocycles. The maximum absolute atomic E-state index is 11.9. The Kier molecular flexibility index (Phi) is 5.37. The molecule has 2 N–H and O–H groups in total. The van der Waals surface area contributed by atoms with Gasteiger partial charge in [0.15, 0.2) is 0 Å². The van der Waals surface area contributed by atoms with Crippen molar-refractivity contribution >= 4 is 17.4 Å². The van der Waals surface area contributed by atoms with Gasteiger partial charge in [0.1, 0.15) is 0 Å². The summed E-state index contributed by atoms with van der Waals surface area (Å²) in [6.07, 6.45) is 3.40. The fourth-order valence-corrected chi connectivity index (χ4v) is 2.89. The molecule has 21 heavy (non-hydrogen) atoms. The first-order valence-corrected chi connectivity index (χ1v) is 7.74. The van der Waals surface area contributed by atoms with Gasteiger partial charge in [-0.2, -0.15) is 5.10 Å². The lowest BCUT2D eigenvalue weighted by atomic mass is 9.76. The molecule has 0 radical (unpaired) electrons. The number of nitrogens with one attached hydrogen (secondary N) is 2. The van der Waals surface area contributed by atoms with Crippen LogP contribution in [0.15, 0.2) is 35.4 Å². The number of benzene rings is 1. The molecule has 0 unspecified atom stereocenters. The van der Waals surface area contributed by atoms with E-state index >= 15 is 0 Å². The second kappa shape index (κ2) is 7.25. The monoisotopic (exact) mass is 287 g/mol. The van der Waals surface area contributed by atoms with Gasteiger partial charge in [0.25, 0.3) is 0 Å². The lowest BCUT2D eigenvalue weighted by molar-refractivity contribution is 0.252. The minimum Gasteiger partial charge on any atom is -0.307 e. The molecular weight excluding hydrogens is 262 g/mol. The number of carbonyl (C=O) groups excluding carboxylic acids is 1. The predicted molar refractivity (Wildman–Crippen MR) is 87.4 cm³/mol. The first-order chi connectivity index (χ1) is 10.1. The van der Waals surface area contributed by atoms with Crippen LogP contribution in [0.2, 0.25) is 0 Å². The second-order valence-electron chi connectivity index (χ2n) is 6.27. The topological polar surface area (TPSA) is 53.5 Å². The Morgan fingerprint density at radius 3 is 2.62 bits per heavy atom. The third-order valence-corrected chi connectivity index (χ3v) is 4.09. The van der Waals surface area contributed by atoms with Crippen LogP contribution in [-0.2, 0) is 0 Å². The first kappa shape index (κ1) is 15.5. The molecule has 0 saturated heterocycles. The Labute approximate surface area is 127 Å². The highest BCUT2D eigenvalue weighted by molar-refractivity contribution is 5.92. The van der Waals surface area contributed by atoms with Crippen LogP contribution in [0, 0.1) is 17.8 Å². The molecule has 1 aromatic rings. The van der Waals surface area contributed by atoms with Gasteiger partial charge in [-0.3, -0.25) is 0 Å². The van der Waals surface area contributed by atoms with Crippen molar-refractivity contribution in [2.75, 3.05) is 5.32 Å². The normalized spacial score (nSPS) is 24.1. The van der Waals surface area contributed by atoms with Crippen LogP contribution in [0.1, 0.15) is 40.0 Å². The van der Waals surface area contributed by atoms with E-state index < -0.39 is 0 Å². The molecule has 1 fully saturated rings. The zero-order valence-electron chi connectivity index (χ0n) is 13.1. The molecule has 0 heterocycles. The molecule has 4 heteroatoms. The summed E-state index contributed by atoms with van der Waals surface area (Å²) in [7, 11) is 0. The maximum Gasteiger partial charge on any atom is 0.339 e. The van der Waals surface area contributed by atoms with Crippen molar-refractivity contribution in [3.05, 3.63) is 30.3 Å². The summed E-state index contributed by atoms with van der Waals surface area (Å²) in [5.74, 6) is 1.70. The molecule has 4 nitrogen and oxygen atoms in total. The maximum atomic E-state index is 11.9. The van der Waals surface area contributed by atoms with Gasteiger partial charge in [-0.05, 0) is 43.2 Å². The zero-order chi connectivity index (χ0) is 15.2. The number of amides is 2. The van der Waals surface area contributed by atoms with Crippen molar-refractivity contribution in [1.82, 2.24) is 5.43 Å². The fourth-order valence-electron chi connectivity index (χ4n) is 2.89. The van der Waals surface area contributed by atoms with Crippen LogP contribution in [-0.4, -0.2) is 11.7 Å². The van der Waals surface area contributed by atoms with Gasteiger partial charge in [-0.1, -0.05) is 39.0 Å². The van der Waals surface area contributed by atoms with Gasteiger partial charge >= 0.3 is 6.03 Å². The van der Waals surface area contributed by atoms with Crippen molar-refractivity contribution in [1.29, 1.82) is 0 Å². The standard InChI is InChI=1S/C17H25N3O/c1-12(2)15-10-9-13(3)11-16(15)19-20-17(21)18-14-7-5-4-6-8-14/h4-8,12-13,15H,9-11H2,1-3H3,(H2,18,20,21)/b19-16-/t13-,15-/m1/s1. The van der Waals surface area contributed by atoms with E-state index in [0.29, 0.717) is 17.8 Å². The molecule has 1 saturated carbocycles. The summed E-state index contributed by atoms with van der Waals surface area (Å²) >= 11 is 0. The molecule has 1 aromatic carbocycles. The minimum absolute atomic E-state index is 0.283. The van der Waals surface area contributed by atoms with Crippen molar-refractivity contribution in [2.45, 2.75) is 40.0 Å². The molecule has 0 aromatic heterocycles. The highest BCUT2D eigenvalue weighted by atomic mass is 16.2. The average molecular weight is 287 g/mol. The largest absolute Gasteiger partial charge is 0.339 e. The molecule has 2 rings (SSSR count). The second-order valence-corrected chi connectivity index (χ2v) is 6.27. The van der Waals surface area contributed by atoms with Gasteiger partial charge in [-0.15, -0.1) is 0 Å².